The molecule has 1 aromatic heterocycles. The summed E-state index contributed by atoms with van der Waals surface area (Å²) in [5, 5.41) is 0. The van der Waals surface area contributed by atoms with Crippen LogP contribution in [0.3, 0.4) is 0 Å². The number of hydrogen-bond acceptors (Lipinski definition) is 2. The molecule has 2 aromatic rings. The Bertz CT molecular complexity index is 443. The minimum absolute atomic E-state index is 0.450. The number of carbonyl (C=O) groups is 1. The lowest BCUT2D eigenvalue weighted by atomic mass is 10.2. The molecule has 14 heavy (non-hydrogen) atoms. The van der Waals surface area contributed by atoms with E-state index in [0.717, 1.165) is 12.0 Å². The molecule has 0 unspecified atom stereocenters. The molecule has 0 spiro atoms. The zero-order chi connectivity index (χ0) is 9.97. The lowest BCUT2D eigenvalue weighted by molar-refractivity contribution is 0.111. The van der Waals surface area contributed by atoms with Crippen molar-refractivity contribution in [1.82, 2.24) is 9.55 Å². The molecule has 3 heteroatoms. The Labute approximate surface area is 82.0 Å². The van der Waals surface area contributed by atoms with Gasteiger partial charge in [-0.15, -0.1) is 0 Å². The molecule has 0 saturated carbocycles. The number of imidazole rings is 1. The fourth-order valence-electron chi connectivity index (χ4n) is 1.26. The van der Waals surface area contributed by atoms with Gasteiger partial charge in [0.25, 0.3) is 0 Å². The highest BCUT2D eigenvalue weighted by molar-refractivity contribution is 5.71. The third kappa shape index (κ3) is 1.57. The average Bonchev–Trinajstić information content (AvgIpc) is 2.67. The summed E-state index contributed by atoms with van der Waals surface area (Å²) in [5.74, 6) is 0. The monoisotopic (exact) mass is 186 g/mol. The molecule has 0 aliphatic heterocycles. The first-order valence-corrected chi connectivity index (χ1v) is 4.36. The van der Waals surface area contributed by atoms with Gasteiger partial charge in [-0.3, -0.25) is 4.79 Å². The van der Waals surface area contributed by atoms with Crippen molar-refractivity contribution in [2.24, 2.45) is 0 Å². The van der Waals surface area contributed by atoms with Gasteiger partial charge in [0, 0.05) is 11.9 Å². The highest BCUT2D eigenvalue weighted by atomic mass is 16.1. The van der Waals surface area contributed by atoms with E-state index in [-0.39, 0.29) is 0 Å². The maximum atomic E-state index is 10.4. The van der Waals surface area contributed by atoms with Crippen molar-refractivity contribution in [2.45, 2.75) is 6.92 Å². The smallest absolute Gasteiger partial charge is 0.170 e. The maximum Gasteiger partial charge on any atom is 0.170 e. The number of nitrogens with zero attached hydrogens (tertiary/aromatic N) is 2. The Morgan fingerprint density at radius 2 is 2.00 bits per heavy atom. The van der Waals surface area contributed by atoms with Crippen LogP contribution in [0.25, 0.3) is 5.69 Å². The number of aromatic nitrogens is 2. The van der Waals surface area contributed by atoms with E-state index >= 15 is 0 Å². The van der Waals surface area contributed by atoms with E-state index < -0.39 is 0 Å². The molecule has 0 saturated heterocycles. The van der Waals surface area contributed by atoms with Crippen LogP contribution >= 0.6 is 0 Å². The highest BCUT2D eigenvalue weighted by Gasteiger charge is 1.98. The fraction of sp³-hybridized carbons (Fsp3) is 0.0909. The Hall–Kier alpha value is -1.90. The van der Waals surface area contributed by atoms with Crippen LogP contribution in [0.1, 0.15) is 16.1 Å². The third-order valence-corrected chi connectivity index (χ3v) is 2.06. The van der Waals surface area contributed by atoms with Gasteiger partial charge in [-0.1, -0.05) is 17.7 Å². The minimum atomic E-state index is 0.450. The standard InChI is InChI=1S/C11H10N2O/c1-9-2-4-11(5-3-9)13-6-10(7-14)12-8-13/h2-8H,1H3. The molecule has 0 fully saturated rings. The Kier molecular flexibility index (Phi) is 2.14. The summed E-state index contributed by atoms with van der Waals surface area (Å²) in [6.07, 6.45) is 4.08. The molecular weight excluding hydrogens is 176 g/mol. The normalized spacial score (nSPS) is 10.1. The minimum Gasteiger partial charge on any atom is -0.306 e. The van der Waals surface area contributed by atoms with Crippen molar-refractivity contribution < 1.29 is 4.79 Å². The van der Waals surface area contributed by atoms with E-state index in [0.29, 0.717) is 5.69 Å². The predicted octanol–water partition coefficient (Wildman–Crippen LogP) is 1.99. The van der Waals surface area contributed by atoms with Crippen molar-refractivity contribution >= 4 is 6.29 Å². The molecular formula is C11H10N2O. The van der Waals surface area contributed by atoms with E-state index in [1.165, 1.54) is 5.56 Å². The van der Waals surface area contributed by atoms with Gasteiger partial charge in [0.2, 0.25) is 0 Å². The van der Waals surface area contributed by atoms with Gasteiger partial charge in [0.05, 0.1) is 0 Å². The summed E-state index contributed by atoms with van der Waals surface area (Å²) in [7, 11) is 0. The number of rotatable bonds is 2. The van der Waals surface area contributed by atoms with Gasteiger partial charge >= 0.3 is 0 Å². The first-order valence-electron chi connectivity index (χ1n) is 4.36. The van der Waals surface area contributed by atoms with Crippen molar-refractivity contribution in [3.63, 3.8) is 0 Å². The summed E-state index contributed by atoms with van der Waals surface area (Å²) in [4.78, 5) is 14.4. The molecule has 70 valence electrons. The van der Waals surface area contributed by atoms with Crippen molar-refractivity contribution in [2.75, 3.05) is 0 Å². The molecule has 0 N–H and O–H groups in total. The molecule has 1 heterocycles. The van der Waals surface area contributed by atoms with Crippen LogP contribution in [-0.2, 0) is 0 Å². The number of benzene rings is 1. The first-order chi connectivity index (χ1) is 6.79. The van der Waals surface area contributed by atoms with Gasteiger partial charge in [-0.25, -0.2) is 4.98 Å². The second-order valence-electron chi connectivity index (χ2n) is 3.16. The fourth-order valence-corrected chi connectivity index (χ4v) is 1.26. The largest absolute Gasteiger partial charge is 0.306 e. The van der Waals surface area contributed by atoms with Gasteiger partial charge in [0.1, 0.15) is 12.0 Å². The summed E-state index contributed by atoms with van der Waals surface area (Å²) in [5.41, 5.74) is 2.67. The zero-order valence-electron chi connectivity index (χ0n) is 7.84. The van der Waals surface area contributed by atoms with Crippen LogP contribution in [0.4, 0.5) is 0 Å². The third-order valence-electron chi connectivity index (χ3n) is 2.06. The number of carbonyl (C=O) groups excluding carboxylic acids is 1. The summed E-state index contributed by atoms with van der Waals surface area (Å²) in [6, 6.07) is 8.03. The SMILES string of the molecule is Cc1ccc(-n2cnc(C=O)c2)cc1. The number of aldehydes is 1. The van der Waals surface area contributed by atoms with Crippen LogP contribution in [0, 0.1) is 6.92 Å². The topological polar surface area (TPSA) is 34.9 Å². The zero-order valence-corrected chi connectivity index (χ0v) is 7.84. The van der Waals surface area contributed by atoms with Crippen LogP contribution in [0.5, 0.6) is 0 Å². The van der Waals surface area contributed by atoms with Crippen LogP contribution in [-0.4, -0.2) is 15.8 Å². The highest BCUT2D eigenvalue weighted by Crippen LogP contribution is 2.09. The molecule has 3 nitrogen and oxygen atoms in total. The second-order valence-corrected chi connectivity index (χ2v) is 3.16. The Morgan fingerprint density at radius 1 is 1.29 bits per heavy atom. The Morgan fingerprint density at radius 3 is 2.57 bits per heavy atom. The molecule has 0 amide bonds. The lowest BCUT2D eigenvalue weighted by Crippen LogP contribution is -1.89. The van der Waals surface area contributed by atoms with Gasteiger partial charge in [-0.2, -0.15) is 0 Å². The van der Waals surface area contributed by atoms with E-state index in [4.69, 9.17) is 0 Å². The van der Waals surface area contributed by atoms with Crippen LogP contribution < -0.4 is 0 Å². The van der Waals surface area contributed by atoms with E-state index in [1.54, 1.807) is 12.5 Å². The van der Waals surface area contributed by atoms with Gasteiger partial charge in [0.15, 0.2) is 6.29 Å². The summed E-state index contributed by atoms with van der Waals surface area (Å²) in [6.45, 7) is 2.04. The van der Waals surface area contributed by atoms with Crippen molar-refractivity contribution in [3.8, 4) is 5.69 Å². The maximum absolute atomic E-state index is 10.4. The molecule has 2 rings (SSSR count). The van der Waals surface area contributed by atoms with Crippen LogP contribution in [0.2, 0.25) is 0 Å². The molecule has 1 aromatic carbocycles. The average molecular weight is 186 g/mol. The molecule has 0 bridgehead atoms. The molecule has 0 atom stereocenters. The van der Waals surface area contributed by atoms with E-state index in [2.05, 4.69) is 4.98 Å². The van der Waals surface area contributed by atoms with Gasteiger partial charge in [-0.05, 0) is 19.1 Å². The molecule has 0 aliphatic rings. The number of hydrogen-bond donors (Lipinski definition) is 0. The summed E-state index contributed by atoms with van der Waals surface area (Å²) >= 11 is 0. The Balaban J connectivity index is 2.39. The van der Waals surface area contributed by atoms with Crippen molar-refractivity contribution in [1.29, 1.82) is 0 Å². The molecule has 0 aliphatic carbocycles. The van der Waals surface area contributed by atoms with Gasteiger partial charge < -0.3 is 4.57 Å². The summed E-state index contributed by atoms with van der Waals surface area (Å²) < 4.78 is 1.82. The van der Waals surface area contributed by atoms with E-state index in [9.17, 15) is 4.79 Å². The molecule has 0 radical (unpaired) electrons. The van der Waals surface area contributed by atoms with Crippen molar-refractivity contribution in [3.05, 3.63) is 48.0 Å². The lowest BCUT2D eigenvalue weighted by Gasteiger charge is -2.00. The quantitative estimate of drug-likeness (QED) is 0.672. The first kappa shape index (κ1) is 8.69. The van der Waals surface area contributed by atoms with Crippen LogP contribution in [0.15, 0.2) is 36.8 Å². The van der Waals surface area contributed by atoms with E-state index in [1.807, 2.05) is 35.8 Å². The number of aryl methyl sites for hydroxylation is 1. The predicted molar refractivity (Wildman–Crippen MR) is 53.7 cm³/mol. The second kappa shape index (κ2) is 3.46.